The number of methoxy groups -OCH3 is 1. The van der Waals surface area contributed by atoms with Crippen LogP contribution >= 0.6 is 11.3 Å². The Morgan fingerprint density at radius 1 is 1.10 bits per heavy atom. The first kappa shape index (κ1) is 19.0. The predicted octanol–water partition coefficient (Wildman–Crippen LogP) is 4.37. The highest BCUT2D eigenvalue weighted by atomic mass is 32.1. The first-order valence-electron chi connectivity index (χ1n) is 9.52. The second kappa shape index (κ2) is 7.68. The summed E-state index contributed by atoms with van der Waals surface area (Å²) in [6.07, 6.45) is 10.8. The van der Waals surface area contributed by atoms with Crippen LogP contribution in [0.4, 0.5) is 5.82 Å². The second-order valence-corrected chi connectivity index (χ2v) is 7.86. The number of allylic oxidation sites excluding steroid dienone is 4. The number of nitrogens with zero attached hydrogens (tertiary/aromatic N) is 4. The lowest BCUT2D eigenvalue weighted by Gasteiger charge is -2.07. The van der Waals surface area contributed by atoms with E-state index in [1.807, 2.05) is 55.5 Å². The van der Waals surface area contributed by atoms with Gasteiger partial charge in [-0.3, -0.25) is 9.36 Å². The number of nitrogens with one attached hydrogen (secondary N) is 1. The van der Waals surface area contributed by atoms with Crippen LogP contribution in [0.5, 0.6) is 5.75 Å². The highest BCUT2D eigenvalue weighted by molar-refractivity contribution is 7.25. The average Bonchev–Trinajstić information content (AvgIpc) is 3.05. The number of anilines is 1. The van der Waals surface area contributed by atoms with Gasteiger partial charge < -0.3 is 10.1 Å². The minimum Gasteiger partial charge on any atom is -0.497 e. The van der Waals surface area contributed by atoms with Gasteiger partial charge in [-0.25, -0.2) is 15.0 Å². The normalized spacial score (nSPS) is 13.2. The molecule has 0 saturated carbocycles. The molecule has 0 radical (unpaired) electrons. The number of ether oxygens (including phenoxy) is 1. The summed E-state index contributed by atoms with van der Waals surface area (Å²) in [4.78, 5) is 27.3. The molecule has 0 aliphatic heterocycles. The standard InChI is InChI=1S/C23H17N5O2S/c1-14-5-3-4-6-15(11-14)27-21-18-19-20(31-22(18)25-12-24-21)23(29)28(13-26-19)16-7-9-17(30-2)10-8-16/h3-10,12-13H,1-2H3,(H,24,25,27). The van der Waals surface area contributed by atoms with Crippen LogP contribution in [-0.4, -0.2) is 26.6 Å². The molecule has 0 fully saturated rings. The minimum atomic E-state index is -0.155. The van der Waals surface area contributed by atoms with Crippen molar-refractivity contribution in [2.24, 2.45) is 0 Å². The van der Waals surface area contributed by atoms with Crippen LogP contribution in [0.25, 0.3) is 26.1 Å². The number of aromatic nitrogens is 4. The van der Waals surface area contributed by atoms with Crippen LogP contribution in [0.1, 0.15) is 6.92 Å². The first-order chi connectivity index (χ1) is 15.1. The predicted molar refractivity (Wildman–Crippen MR) is 123 cm³/mol. The lowest BCUT2D eigenvalue weighted by molar-refractivity contribution is 0.414. The van der Waals surface area contributed by atoms with Crippen LogP contribution in [0.15, 0.2) is 83.0 Å². The zero-order valence-corrected chi connectivity index (χ0v) is 17.6. The molecule has 3 heterocycles. The Kier molecular flexibility index (Phi) is 4.71. The van der Waals surface area contributed by atoms with E-state index in [1.165, 1.54) is 28.6 Å². The fourth-order valence-corrected chi connectivity index (χ4v) is 4.36. The molecule has 0 amide bonds. The van der Waals surface area contributed by atoms with Gasteiger partial charge in [0.1, 0.15) is 39.3 Å². The summed E-state index contributed by atoms with van der Waals surface area (Å²) in [6.45, 7) is 1.98. The maximum atomic E-state index is 13.2. The van der Waals surface area contributed by atoms with Crippen LogP contribution in [-0.2, 0) is 0 Å². The molecule has 3 aromatic heterocycles. The van der Waals surface area contributed by atoms with E-state index in [0.29, 0.717) is 26.6 Å². The highest BCUT2D eigenvalue weighted by Gasteiger charge is 2.17. The Bertz CT molecular complexity index is 1500. The number of thiophene rings is 1. The van der Waals surface area contributed by atoms with Gasteiger partial charge in [-0.1, -0.05) is 24.0 Å². The summed E-state index contributed by atoms with van der Waals surface area (Å²) in [5, 5.41) is 4.02. The van der Waals surface area contributed by atoms with Crippen molar-refractivity contribution < 1.29 is 4.74 Å². The molecule has 0 unspecified atom stereocenters. The Hall–Kier alpha value is -4.00. The molecule has 0 bridgehead atoms. The smallest absolute Gasteiger partial charge is 0.275 e. The van der Waals surface area contributed by atoms with Gasteiger partial charge in [0.2, 0.25) is 0 Å². The van der Waals surface area contributed by atoms with Gasteiger partial charge in [0.25, 0.3) is 5.56 Å². The number of benzene rings is 1. The van der Waals surface area contributed by atoms with Gasteiger partial charge in [-0.05, 0) is 42.8 Å². The van der Waals surface area contributed by atoms with Crippen molar-refractivity contribution in [3.05, 3.63) is 88.6 Å². The summed E-state index contributed by atoms with van der Waals surface area (Å²) in [5.74, 6) is 1.31. The molecule has 1 aliphatic carbocycles. The summed E-state index contributed by atoms with van der Waals surface area (Å²) in [6, 6.07) is 7.26. The van der Waals surface area contributed by atoms with Crippen molar-refractivity contribution in [1.29, 1.82) is 0 Å². The maximum Gasteiger partial charge on any atom is 0.275 e. The number of hydrogen-bond donors (Lipinski definition) is 1. The van der Waals surface area contributed by atoms with Gasteiger partial charge in [0, 0.05) is 0 Å². The molecule has 1 aromatic carbocycles. The molecule has 4 aromatic rings. The average molecular weight is 427 g/mol. The summed E-state index contributed by atoms with van der Waals surface area (Å²) in [5.41, 5.74) is 6.18. The van der Waals surface area contributed by atoms with Crippen LogP contribution in [0, 0.1) is 0 Å². The van der Waals surface area contributed by atoms with E-state index in [9.17, 15) is 4.79 Å². The number of hydrogen-bond acceptors (Lipinski definition) is 7. The second-order valence-electron chi connectivity index (χ2n) is 6.86. The van der Waals surface area contributed by atoms with Gasteiger partial charge in [-0.15, -0.1) is 11.3 Å². The van der Waals surface area contributed by atoms with Crippen molar-refractivity contribution in [2.45, 2.75) is 6.92 Å². The molecule has 8 heteroatoms. The molecule has 1 aliphatic rings. The van der Waals surface area contributed by atoms with E-state index in [4.69, 9.17) is 4.74 Å². The van der Waals surface area contributed by atoms with E-state index < -0.39 is 0 Å². The van der Waals surface area contributed by atoms with E-state index in [2.05, 4.69) is 26.0 Å². The molecule has 0 atom stereocenters. The van der Waals surface area contributed by atoms with Crippen molar-refractivity contribution in [2.75, 3.05) is 12.4 Å². The fourth-order valence-electron chi connectivity index (χ4n) is 3.33. The molecule has 0 saturated heterocycles. The molecule has 5 rings (SSSR count). The quantitative estimate of drug-likeness (QED) is 0.487. The lowest BCUT2D eigenvalue weighted by atomic mass is 10.2. The van der Waals surface area contributed by atoms with E-state index in [1.54, 1.807) is 7.11 Å². The molecule has 7 nitrogen and oxygen atoms in total. The van der Waals surface area contributed by atoms with Gasteiger partial charge >= 0.3 is 0 Å². The molecule has 0 spiro atoms. The zero-order valence-electron chi connectivity index (χ0n) is 16.8. The fraction of sp³-hybridized carbons (Fsp3) is 0.0870. The first-order valence-corrected chi connectivity index (χ1v) is 10.3. The topological polar surface area (TPSA) is 81.9 Å². The number of rotatable bonds is 4. The van der Waals surface area contributed by atoms with Gasteiger partial charge in [0.15, 0.2) is 0 Å². The van der Waals surface area contributed by atoms with Gasteiger partial charge in [0.05, 0.1) is 23.9 Å². The van der Waals surface area contributed by atoms with Crippen LogP contribution in [0.3, 0.4) is 0 Å². The molecular formula is C23H17N5O2S. The van der Waals surface area contributed by atoms with Crippen molar-refractivity contribution in [1.82, 2.24) is 19.5 Å². The largest absolute Gasteiger partial charge is 0.497 e. The third-order valence-electron chi connectivity index (χ3n) is 4.83. The Balaban J connectivity index is 1.65. The Morgan fingerprint density at radius 2 is 1.90 bits per heavy atom. The van der Waals surface area contributed by atoms with Crippen molar-refractivity contribution in [3.8, 4) is 11.4 Å². The summed E-state index contributed by atoms with van der Waals surface area (Å²) in [7, 11) is 1.60. The summed E-state index contributed by atoms with van der Waals surface area (Å²) >= 11 is 1.31. The number of fused-ring (bicyclic) bond motifs is 3. The van der Waals surface area contributed by atoms with Crippen molar-refractivity contribution in [3.63, 3.8) is 0 Å². The van der Waals surface area contributed by atoms with Gasteiger partial charge in [-0.2, -0.15) is 0 Å². The van der Waals surface area contributed by atoms with E-state index >= 15 is 0 Å². The molecule has 1 N–H and O–H groups in total. The van der Waals surface area contributed by atoms with E-state index in [-0.39, 0.29) is 5.56 Å². The SMILES string of the molecule is COc1ccc(-n2cnc3c(sc4ncnc(NC5=C=C(C)C=CC=C5)c43)c2=O)cc1. The zero-order chi connectivity index (χ0) is 21.4. The molecule has 31 heavy (non-hydrogen) atoms. The third-order valence-corrected chi connectivity index (χ3v) is 5.91. The Labute approximate surface area is 181 Å². The molecule has 152 valence electrons. The van der Waals surface area contributed by atoms with Crippen molar-refractivity contribution >= 4 is 37.6 Å². The minimum absolute atomic E-state index is 0.155. The van der Waals surface area contributed by atoms with E-state index in [0.717, 1.165) is 22.4 Å². The lowest BCUT2D eigenvalue weighted by Crippen LogP contribution is -2.17. The highest BCUT2D eigenvalue weighted by Crippen LogP contribution is 2.33. The van der Waals surface area contributed by atoms with Crippen LogP contribution < -0.4 is 15.6 Å². The van der Waals surface area contributed by atoms with Crippen LogP contribution in [0.2, 0.25) is 0 Å². The third kappa shape index (κ3) is 3.44. The Morgan fingerprint density at radius 3 is 2.71 bits per heavy atom. The monoisotopic (exact) mass is 427 g/mol. The molecular weight excluding hydrogens is 410 g/mol. The maximum absolute atomic E-state index is 13.2. The summed E-state index contributed by atoms with van der Waals surface area (Å²) < 4.78 is 7.24.